The molecule has 1 saturated carbocycles. The second-order valence-corrected chi connectivity index (χ2v) is 5.04. The Kier molecular flexibility index (Phi) is 4.32. The van der Waals surface area contributed by atoms with Gasteiger partial charge in [0.25, 0.3) is 0 Å². The highest BCUT2D eigenvalue weighted by molar-refractivity contribution is 5.78. The van der Waals surface area contributed by atoms with Gasteiger partial charge in [-0.3, -0.25) is 4.79 Å². The Hall–Kier alpha value is -1.56. The van der Waals surface area contributed by atoms with Crippen LogP contribution < -0.4 is 5.32 Å². The predicted octanol–water partition coefficient (Wildman–Crippen LogP) is 2.42. The van der Waals surface area contributed by atoms with Gasteiger partial charge in [0.1, 0.15) is 0 Å². The third-order valence-electron chi connectivity index (χ3n) is 3.35. The van der Waals surface area contributed by atoms with E-state index >= 15 is 0 Å². The molecule has 1 aromatic carbocycles. The fourth-order valence-electron chi connectivity index (χ4n) is 1.96. The fraction of sp³-hybridized carbons (Fsp3) is 0.500. The van der Waals surface area contributed by atoms with E-state index in [0.717, 1.165) is 25.0 Å². The molecule has 3 nitrogen and oxygen atoms in total. The maximum Gasteiger partial charge on any atom is 0.416 e. The number of halogens is 3. The van der Waals surface area contributed by atoms with Crippen molar-refractivity contribution in [1.29, 1.82) is 0 Å². The Balaban J connectivity index is 1.83. The number of hydrogen-bond acceptors (Lipinski definition) is 2. The minimum atomic E-state index is -4.34. The molecule has 1 aliphatic carbocycles. The standard InChI is InChI=1S/C14H17F3N2O/c1-19(12-5-6-12)13(20)9-18-8-10-3-2-4-11(7-10)14(15,16)17/h2-4,7,12,18H,5-6,8-9H2,1H3. The van der Waals surface area contributed by atoms with Gasteiger partial charge in [0.2, 0.25) is 5.91 Å². The third kappa shape index (κ3) is 3.96. The van der Waals surface area contributed by atoms with Crippen LogP contribution in [0.5, 0.6) is 0 Å². The largest absolute Gasteiger partial charge is 0.416 e. The van der Waals surface area contributed by atoms with Crippen LogP contribution in [0.2, 0.25) is 0 Å². The number of carbonyl (C=O) groups is 1. The normalized spacial score (nSPS) is 15.2. The second-order valence-electron chi connectivity index (χ2n) is 5.04. The van der Waals surface area contributed by atoms with E-state index in [4.69, 9.17) is 0 Å². The Labute approximate surface area is 115 Å². The third-order valence-corrected chi connectivity index (χ3v) is 3.35. The van der Waals surface area contributed by atoms with Gasteiger partial charge in [-0.1, -0.05) is 18.2 Å². The van der Waals surface area contributed by atoms with Crippen molar-refractivity contribution in [2.75, 3.05) is 13.6 Å². The average Bonchev–Trinajstić information content (AvgIpc) is 3.21. The number of likely N-dealkylation sites (N-methyl/N-ethyl adjacent to an activating group) is 1. The van der Waals surface area contributed by atoms with Gasteiger partial charge in [-0.15, -0.1) is 0 Å². The van der Waals surface area contributed by atoms with Crippen LogP contribution in [-0.4, -0.2) is 30.4 Å². The molecular weight excluding hydrogens is 269 g/mol. The number of amides is 1. The molecule has 0 saturated heterocycles. The number of hydrogen-bond donors (Lipinski definition) is 1. The van der Waals surface area contributed by atoms with Crippen LogP contribution in [0.4, 0.5) is 13.2 Å². The summed E-state index contributed by atoms with van der Waals surface area (Å²) in [5.74, 6) is -0.0283. The molecule has 1 aromatic rings. The van der Waals surface area contributed by atoms with Gasteiger partial charge < -0.3 is 10.2 Å². The molecule has 1 amide bonds. The smallest absolute Gasteiger partial charge is 0.342 e. The molecule has 20 heavy (non-hydrogen) atoms. The highest BCUT2D eigenvalue weighted by atomic mass is 19.4. The molecule has 0 unspecified atom stereocenters. The minimum Gasteiger partial charge on any atom is -0.342 e. The zero-order valence-corrected chi connectivity index (χ0v) is 11.2. The zero-order valence-electron chi connectivity index (χ0n) is 11.2. The zero-order chi connectivity index (χ0) is 14.8. The molecule has 0 radical (unpaired) electrons. The number of nitrogens with one attached hydrogen (secondary N) is 1. The van der Waals surface area contributed by atoms with Gasteiger partial charge in [-0.05, 0) is 24.5 Å². The van der Waals surface area contributed by atoms with Gasteiger partial charge in [-0.25, -0.2) is 0 Å². The first kappa shape index (κ1) is 14.8. The minimum absolute atomic E-state index is 0.0283. The first-order chi connectivity index (χ1) is 9.38. The van der Waals surface area contributed by atoms with Gasteiger partial charge >= 0.3 is 6.18 Å². The summed E-state index contributed by atoms with van der Waals surface area (Å²) in [6.07, 6.45) is -2.26. The number of nitrogens with zero attached hydrogens (tertiary/aromatic N) is 1. The van der Waals surface area contributed by atoms with E-state index in [-0.39, 0.29) is 19.0 Å². The van der Waals surface area contributed by atoms with E-state index in [0.29, 0.717) is 11.6 Å². The molecular formula is C14H17F3N2O. The van der Waals surface area contributed by atoms with Gasteiger partial charge in [-0.2, -0.15) is 13.2 Å². The number of benzene rings is 1. The molecule has 0 aliphatic heterocycles. The quantitative estimate of drug-likeness (QED) is 0.901. The van der Waals surface area contributed by atoms with Crippen molar-refractivity contribution in [2.24, 2.45) is 0 Å². The maximum absolute atomic E-state index is 12.5. The van der Waals surface area contributed by atoms with E-state index < -0.39 is 11.7 Å². The molecule has 2 rings (SSSR count). The predicted molar refractivity (Wildman–Crippen MR) is 68.9 cm³/mol. The van der Waals surface area contributed by atoms with Crippen LogP contribution >= 0.6 is 0 Å². The molecule has 0 spiro atoms. The van der Waals surface area contributed by atoms with Crippen LogP contribution in [0.3, 0.4) is 0 Å². The van der Waals surface area contributed by atoms with Crippen LogP contribution in [0.15, 0.2) is 24.3 Å². The van der Waals surface area contributed by atoms with Gasteiger partial charge in [0, 0.05) is 19.6 Å². The maximum atomic E-state index is 12.5. The molecule has 1 aliphatic rings. The molecule has 0 heterocycles. The molecule has 1 N–H and O–H groups in total. The van der Waals surface area contributed by atoms with Crippen molar-refractivity contribution in [3.63, 3.8) is 0 Å². The van der Waals surface area contributed by atoms with Crippen molar-refractivity contribution in [3.8, 4) is 0 Å². The van der Waals surface area contributed by atoms with E-state index in [9.17, 15) is 18.0 Å². The van der Waals surface area contributed by atoms with E-state index in [1.54, 1.807) is 18.0 Å². The highest BCUT2D eigenvalue weighted by Crippen LogP contribution is 2.29. The molecule has 0 aromatic heterocycles. The van der Waals surface area contributed by atoms with E-state index in [2.05, 4.69) is 5.32 Å². The van der Waals surface area contributed by atoms with Crippen molar-refractivity contribution in [2.45, 2.75) is 31.6 Å². The molecule has 110 valence electrons. The summed E-state index contributed by atoms with van der Waals surface area (Å²) in [4.78, 5) is 13.4. The second kappa shape index (κ2) is 5.83. The van der Waals surface area contributed by atoms with E-state index in [1.807, 2.05) is 0 Å². The van der Waals surface area contributed by atoms with Crippen molar-refractivity contribution < 1.29 is 18.0 Å². The summed E-state index contributed by atoms with van der Waals surface area (Å²) in [5, 5.41) is 2.89. The molecule has 0 bridgehead atoms. The van der Waals surface area contributed by atoms with Crippen molar-refractivity contribution >= 4 is 5.91 Å². The topological polar surface area (TPSA) is 32.3 Å². The van der Waals surface area contributed by atoms with Crippen LogP contribution in [0, 0.1) is 0 Å². The number of alkyl halides is 3. The van der Waals surface area contributed by atoms with Crippen LogP contribution in [0.25, 0.3) is 0 Å². The van der Waals surface area contributed by atoms with Crippen LogP contribution in [-0.2, 0) is 17.5 Å². The lowest BCUT2D eigenvalue weighted by atomic mass is 10.1. The summed E-state index contributed by atoms with van der Waals surface area (Å²) in [6.45, 7) is 0.386. The fourth-order valence-corrected chi connectivity index (χ4v) is 1.96. The summed E-state index contributed by atoms with van der Waals surface area (Å²) in [6, 6.07) is 5.46. The van der Waals surface area contributed by atoms with E-state index in [1.165, 1.54) is 6.07 Å². The molecule has 0 atom stereocenters. The van der Waals surface area contributed by atoms with Gasteiger partial charge in [0.05, 0.1) is 12.1 Å². The lowest BCUT2D eigenvalue weighted by Gasteiger charge is -2.16. The Bertz CT molecular complexity index is 484. The summed E-state index contributed by atoms with van der Waals surface area (Å²) in [7, 11) is 1.76. The average molecular weight is 286 g/mol. The van der Waals surface area contributed by atoms with Crippen LogP contribution in [0.1, 0.15) is 24.0 Å². The highest BCUT2D eigenvalue weighted by Gasteiger charge is 2.30. The summed E-state index contributed by atoms with van der Waals surface area (Å²) in [5.41, 5.74) is -0.153. The molecule has 6 heteroatoms. The Morgan fingerprint density at radius 2 is 2.10 bits per heavy atom. The first-order valence-corrected chi connectivity index (χ1v) is 6.50. The number of rotatable bonds is 5. The lowest BCUT2D eigenvalue weighted by Crippen LogP contribution is -2.36. The van der Waals surface area contributed by atoms with Gasteiger partial charge in [0.15, 0.2) is 0 Å². The van der Waals surface area contributed by atoms with Crippen molar-refractivity contribution in [1.82, 2.24) is 10.2 Å². The summed E-state index contributed by atoms with van der Waals surface area (Å²) < 4.78 is 37.6. The first-order valence-electron chi connectivity index (χ1n) is 6.50. The SMILES string of the molecule is CN(C(=O)CNCc1cccc(C(F)(F)F)c1)C1CC1. The monoisotopic (exact) mass is 286 g/mol. The lowest BCUT2D eigenvalue weighted by molar-refractivity contribution is -0.137. The summed E-state index contributed by atoms with van der Waals surface area (Å²) >= 11 is 0. The number of carbonyl (C=O) groups excluding carboxylic acids is 1. The Morgan fingerprint density at radius 3 is 2.70 bits per heavy atom. The molecule has 1 fully saturated rings. The van der Waals surface area contributed by atoms with Crippen molar-refractivity contribution in [3.05, 3.63) is 35.4 Å². The Morgan fingerprint density at radius 1 is 1.40 bits per heavy atom.